The van der Waals surface area contributed by atoms with Gasteiger partial charge in [0.25, 0.3) is 0 Å². The molecule has 0 fully saturated rings. The molecule has 0 atom stereocenters. The summed E-state index contributed by atoms with van der Waals surface area (Å²) in [5, 5.41) is 1.90. The van der Waals surface area contributed by atoms with Gasteiger partial charge in [-0.15, -0.1) is 58.7 Å². The standard InChI is InChI=1S/C43H31N5O2.Pd.Pt/c1-26-10-12-44-39(18-26)31-14-28(3)16-35(20-31)49-33-6-8-37-38-9-7-34(23-42(38)48(41(37)22-33)43-46-24-30(5)25-47-43)50-36-17-29(4)15-32(21-36)40-19-27(2)11-13-45-40;;/h6-19,24-25H,1-5H3;;/q-4;2*+2. The Hall–Kier alpha value is -4.99. The number of rotatable bonds is 7. The molecule has 0 aliphatic rings. The Labute approximate surface area is 331 Å². The van der Waals surface area contributed by atoms with Gasteiger partial charge in [0.15, 0.2) is 0 Å². The third-order valence-corrected chi connectivity index (χ3v) is 8.30. The van der Waals surface area contributed by atoms with Crippen LogP contribution in [-0.4, -0.2) is 24.5 Å². The fourth-order valence-corrected chi connectivity index (χ4v) is 6.00. The molecular weight excluding hydrogens is 920 g/mol. The van der Waals surface area contributed by atoms with Crippen LogP contribution in [0.5, 0.6) is 23.0 Å². The quantitative estimate of drug-likeness (QED) is 0.117. The third-order valence-electron chi connectivity index (χ3n) is 8.30. The van der Waals surface area contributed by atoms with Crippen LogP contribution in [0.1, 0.15) is 27.8 Å². The zero-order valence-corrected chi connectivity index (χ0v) is 32.7. The Balaban J connectivity index is 0.00000232. The summed E-state index contributed by atoms with van der Waals surface area (Å²) in [6.45, 7) is 10.1. The Morgan fingerprint density at radius 1 is 0.481 bits per heavy atom. The van der Waals surface area contributed by atoms with E-state index in [1.54, 1.807) is 12.4 Å². The van der Waals surface area contributed by atoms with Crippen LogP contribution in [0.15, 0.2) is 97.6 Å². The maximum Gasteiger partial charge on any atom is 2.00 e. The minimum absolute atomic E-state index is 0. The summed E-state index contributed by atoms with van der Waals surface area (Å²) in [5.74, 6) is 2.70. The predicted molar refractivity (Wildman–Crippen MR) is 195 cm³/mol. The normalized spacial score (nSPS) is 10.9. The van der Waals surface area contributed by atoms with Crippen molar-refractivity contribution >= 4 is 21.8 Å². The molecule has 4 aromatic heterocycles. The molecule has 0 saturated heterocycles. The summed E-state index contributed by atoms with van der Waals surface area (Å²) in [6.07, 6.45) is 7.21. The number of ether oxygens (including phenoxy) is 2. The molecule has 8 aromatic rings. The fraction of sp³-hybridized carbons (Fsp3) is 0.116. The van der Waals surface area contributed by atoms with E-state index < -0.39 is 0 Å². The van der Waals surface area contributed by atoms with Gasteiger partial charge < -0.3 is 24.0 Å². The Morgan fingerprint density at radius 3 is 1.38 bits per heavy atom. The van der Waals surface area contributed by atoms with Gasteiger partial charge in [-0.1, -0.05) is 72.4 Å². The Bertz CT molecular complexity index is 2410. The van der Waals surface area contributed by atoms with Crippen LogP contribution in [0, 0.1) is 58.9 Å². The maximum atomic E-state index is 6.40. The summed E-state index contributed by atoms with van der Waals surface area (Å²) in [7, 11) is 0. The molecule has 8 rings (SSSR count). The molecule has 7 nitrogen and oxygen atoms in total. The number of pyridine rings is 2. The number of aromatic nitrogens is 5. The van der Waals surface area contributed by atoms with Gasteiger partial charge in [-0.25, -0.2) is 9.97 Å². The molecule has 260 valence electrons. The van der Waals surface area contributed by atoms with E-state index >= 15 is 0 Å². The van der Waals surface area contributed by atoms with Gasteiger partial charge in [-0.3, -0.25) is 0 Å². The van der Waals surface area contributed by atoms with Crippen molar-refractivity contribution in [3.8, 4) is 51.5 Å². The number of nitrogens with zero attached hydrogens (tertiary/aromatic N) is 5. The maximum absolute atomic E-state index is 6.40. The monoisotopic (exact) mass is 950 g/mol. The van der Waals surface area contributed by atoms with E-state index in [1.165, 1.54) is 0 Å². The second-order valence-electron chi connectivity index (χ2n) is 12.6. The van der Waals surface area contributed by atoms with Gasteiger partial charge in [-0.05, 0) is 49.9 Å². The minimum Gasteiger partial charge on any atom is -0.503 e. The van der Waals surface area contributed by atoms with Crippen molar-refractivity contribution < 1.29 is 51.0 Å². The molecule has 0 saturated carbocycles. The van der Waals surface area contributed by atoms with Crippen LogP contribution < -0.4 is 9.47 Å². The zero-order valence-electron chi connectivity index (χ0n) is 28.9. The summed E-state index contributed by atoms with van der Waals surface area (Å²) in [4.78, 5) is 18.4. The molecule has 9 heteroatoms. The van der Waals surface area contributed by atoms with E-state index in [2.05, 4.69) is 56.3 Å². The number of hydrogen-bond donors (Lipinski definition) is 0. The van der Waals surface area contributed by atoms with Crippen LogP contribution in [0.25, 0.3) is 50.3 Å². The van der Waals surface area contributed by atoms with Crippen molar-refractivity contribution in [1.29, 1.82) is 0 Å². The molecular formula is C43H31N5O2PdPt. The van der Waals surface area contributed by atoms with E-state index in [4.69, 9.17) is 9.47 Å². The first-order chi connectivity index (χ1) is 24.3. The van der Waals surface area contributed by atoms with Crippen LogP contribution in [0.3, 0.4) is 0 Å². The SMILES string of the molecule is Cc1cnc(-n2c3[c-]c(Oc4[c-]c(-c5cc(C)ccn5)cc(C)c4)ccc3c3ccc(Oc4[c-]c(-c5cc(C)ccn5)cc(C)c4)[c-]c32)nc1.[Pd+2].[Pt+2]. The summed E-state index contributed by atoms with van der Waals surface area (Å²) < 4.78 is 14.7. The van der Waals surface area contributed by atoms with E-state index in [1.807, 2.05) is 112 Å². The van der Waals surface area contributed by atoms with E-state index in [9.17, 15) is 0 Å². The average Bonchev–Trinajstić information content (AvgIpc) is 3.41. The zero-order chi connectivity index (χ0) is 34.4. The van der Waals surface area contributed by atoms with Crippen LogP contribution >= 0.6 is 0 Å². The van der Waals surface area contributed by atoms with Gasteiger partial charge in [-0.2, -0.15) is 22.9 Å². The topological polar surface area (TPSA) is 75.0 Å². The molecule has 0 radical (unpaired) electrons. The van der Waals surface area contributed by atoms with Crippen LogP contribution in [0.2, 0.25) is 0 Å². The number of fused-ring (bicyclic) bond motifs is 3. The Morgan fingerprint density at radius 2 is 0.942 bits per heavy atom. The smallest absolute Gasteiger partial charge is 0.503 e. The molecule has 4 heterocycles. The van der Waals surface area contributed by atoms with Crippen molar-refractivity contribution in [3.05, 3.63) is 150 Å². The van der Waals surface area contributed by atoms with Crippen LogP contribution in [0.4, 0.5) is 0 Å². The number of aryl methyl sites for hydroxylation is 5. The van der Waals surface area contributed by atoms with Gasteiger partial charge in [0, 0.05) is 47.8 Å². The second kappa shape index (κ2) is 15.3. The van der Waals surface area contributed by atoms with Crippen molar-refractivity contribution in [3.63, 3.8) is 0 Å². The van der Waals surface area contributed by atoms with Gasteiger partial charge >= 0.3 is 41.5 Å². The molecule has 0 aliphatic heterocycles. The number of hydrogen-bond acceptors (Lipinski definition) is 6. The van der Waals surface area contributed by atoms with Gasteiger partial charge in [0.05, 0.1) is 0 Å². The summed E-state index contributed by atoms with van der Waals surface area (Å²) in [5.41, 5.74) is 10.2. The first kappa shape index (κ1) is 36.8. The largest absolute Gasteiger partial charge is 2.00 e. The molecule has 52 heavy (non-hydrogen) atoms. The molecule has 0 bridgehead atoms. The third kappa shape index (κ3) is 7.61. The molecule has 0 unspecified atom stereocenters. The molecule has 0 spiro atoms. The van der Waals surface area contributed by atoms with Crippen LogP contribution in [-0.2, 0) is 41.5 Å². The second-order valence-corrected chi connectivity index (χ2v) is 12.6. The minimum atomic E-state index is 0. The average molecular weight is 951 g/mol. The first-order valence-electron chi connectivity index (χ1n) is 16.3. The van der Waals surface area contributed by atoms with Crippen molar-refractivity contribution in [1.82, 2.24) is 24.5 Å². The van der Waals surface area contributed by atoms with Gasteiger partial charge in [0.1, 0.15) is 0 Å². The first-order valence-corrected chi connectivity index (χ1v) is 16.3. The van der Waals surface area contributed by atoms with Crippen molar-refractivity contribution in [2.24, 2.45) is 0 Å². The van der Waals surface area contributed by atoms with E-state index in [0.717, 1.165) is 72.1 Å². The Kier molecular flexibility index (Phi) is 10.8. The van der Waals surface area contributed by atoms with E-state index in [-0.39, 0.29) is 41.5 Å². The fourth-order valence-electron chi connectivity index (χ4n) is 6.00. The predicted octanol–water partition coefficient (Wildman–Crippen LogP) is 10.0. The van der Waals surface area contributed by atoms with Gasteiger partial charge in [0.2, 0.25) is 5.95 Å². The molecule has 0 aliphatic carbocycles. The van der Waals surface area contributed by atoms with Crippen molar-refractivity contribution in [2.75, 3.05) is 0 Å². The van der Waals surface area contributed by atoms with Crippen molar-refractivity contribution in [2.45, 2.75) is 34.6 Å². The summed E-state index contributed by atoms with van der Waals surface area (Å²) >= 11 is 0. The van der Waals surface area contributed by atoms with E-state index in [0.29, 0.717) is 28.9 Å². The summed E-state index contributed by atoms with van der Waals surface area (Å²) in [6, 6.07) is 37.7. The molecule has 0 N–H and O–H groups in total. The molecule has 4 aromatic carbocycles. The molecule has 0 amide bonds. The number of benzene rings is 4.